The fourth-order valence-electron chi connectivity index (χ4n) is 0.957. The molecule has 2 rings (SSSR count). The summed E-state index contributed by atoms with van der Waals surface area (Å²) in [7, 11) is 0. The maximum atomic E-state index is 12.2. The van der Waals surface area contributed by atoms with Crippen molar-refractivity contribution in [3.63, 3.8) is 0 Å². The molecule has 0 saturated carbocycles. The lowest BCUT2D eigenvalue weighted by atomic mass is 10.3. The summed E-state index contributed by atoms with van der Waals surface area (Å²) < 4.78 is 41.5. The normalized spacial score (nSPS) is 11.8. The van der Waals surface area contributed by atoms with E-state index in [-0.39, 0.29) is 5.89 Å². The molecule has 84 valence electrons. The van der Waals surface area contributed by atoms with Crippen LogP contribution in [0.3, 0.4) is 0 Å². The van der Waals surface area contributed by atoms with Crippen molar-refractivity contribution in [1.29, 1.82) is 0 Å². The number of alkyl halides is 3. The highest BCUT2D eigenvalue weighted by atomic mass is 79.9. The average Bonchev–Trinajstić information content (AvgIpc) is 2.67. The Bertz CT molecular complexity index is 494. The van der Waals surface area contributed by atoms with Crippen LogP contribution in [0.25, 0.3) is 11.5 Å². The van der Waals surface area contributed by atoms with Gasteiger partial charge in [0.1, 0.15) is 4.60 Å². The lowest BCUT2D eigenvalue weighted by Crippen LogP contribution is -2.04. The third-order valence-electron chi connectivity index (χ3n) is 1.64. The Morgan fingerprint density at radius 3 is 2.44 bits per heavy atom. The van der Waals surface area contributed by atoms with Crippen LogP contribution < -0.4 is 0 Å². The van der Waals surface area contributed by atoms with Gasteiger partial charge in [-0.2, -0.15) is 13.2 Å². The molecular formula is C8H3BrF3N3O. The standard InChI is InChI=1S/C8H3BrF3N3O/c9-5-2-1-4(3-13-5)6-14-15-7(16-6)8(10,11)12/h1-3H. The third kappa shape index (κ3) is 2.21. The van der Waals surface area contributed by atoms with Crippen LogP contribution in [-0.4, -0.2) is 15.2 Å². The second kappa shape index (κ2) is 3.85. The highest BCUT2D eigenvalue weighted by Crippen LogP contribution is 2.30. The van der Waals surface area contributed by atoms with Crippen molar-refractivity contribution in [2.24, 2.45) is 0 Å². The number of pyridine rings is 1. The zero-order valence-corrected chi connectivity index (χ0v) is 9.08. The quantitative estimate of drug-likeness (QED) is 0.759. The molecule has 0 radical (unpaired) electrons. The summed E-state index contributed by atoms with van der Waals surface area (Å²) in [6.07, 6.45) is -3.30. The van der Waals surface area contributed by atoms with Gasteiger partial charge in [-0.1, -0.05) is 0 Å². The first kappa shape index (κ1) is 11.1. The van der Waals surface area contributed by atoms with Crippen molar-refractivity contribution >= 4 is 15.9 Å². The Hall–Kier alpha value is -1.44. The third-order valence-corrected chi connectivity index (χ3v) is 2.11. The predicted molar refractivity (Wildman–Crippen MR) is 50.2 cm³/mol. The van der Waals surface area contributed by atoms with Gasteiger partial charge in [-0.25, -0.2) is 4.98 Å². The second-order valence-electron chi connectivity index (χ2n) is 2.78. The molecule has 0 saturated heterocycles. The van der Waals surface area contributed by atoms with Crippen LogP contribution in [0.5, 0.6) is 0 Å². The maximum absolute atomic E-state index is 12.2. The summed E-state index contributed by atoms with van der Waals surface area (Å²) in [6.45, 7) is 0. The van der Waals surface area contributed by atoms with Gasteiger partial charge in [0.2, 0.25) is 5.89 Å². The van der Waals surface area contributed by atoms with Gasteiger partial charge in [-0.3, -0.25) is 0 Å². The molecule has 16 heavy (non-hydrogen) atoms. The molecule has 0 fully saturated rings. The zero-order valence-electron chi connectivity index (χ0n) is 7.49. The molecule has 8 heteroatoms. The van der Waals surface area contributed by atoms with E-state index in [4.69, 9.17) is 0 Å². The molecule has 0 aliphatic rings. The molecule has 0 amide bonds. The average molecular weight is 294 g/mol. The highest BCUT2D eigenvalue weighted by Gasteiger charge is 2.38. The lowest BCUT2D eigenvalue weighted by molar-refractivity contribution is -0.156. The Balaban J connectivity index is 2.35. The maximum Gasteiger partial charge on any atom is 0.470 e. The van der Waals surface area contributed by atoms with E-state index < -0.39 is 12.1 Å². The topological polar surface area (TPSA) is 51.8 Å². The smallest absolute Gasteiger partial charge is 0.413 e. The Kier molecular flexibility index (Phi) is 2.66. The highest BCUT2D eigenvalue weighted by molar-refractivity contribution is 9.10. The van der Waals surface area contributed by atoms with E-state index in [0.29, 0.717) is 10.2 Å². The van der Waals surface area contributed by atoms with Gasteiger partial charge in [0.15, 0.2) is 0 Å². The number of hydrogen-bond acceptors (Lipinski definition) is 4. The summed E-state index contributed by atoms with van der Waals surface area (Å²) >= 11 is 3.10. The molecule has 2 aromatic heterocycles. The summed E-state index contributed by atoms with van der Waals surface area (Å²) in [5, 5.41) is 6.20. The number of nitrogens with zero attached hydrogens (tertiary/aromatic N) is 3. The summed E-state index contributed by atoms with van der Waals surface area (Å²) in [5.74, 6) is -1.59. The van der Waals surface area contributed by atoms with E-state index in [1.165, 1.54) is 12.3 Å². The first-order valence-corrected chi connectivity index (χ1v) is 4.79. The number of hydrogen-bond donors (Lipinski definition) is 0. The largest absolute Gasteiger partial charge is 0.470 e. The fourth-order valence-corrected chi connectivity index (χ4v) is 1.19. The molecule has 0 aromatic carbocycles. The van der Waals surface area contributed by atoms with Crippen LogP contribution in [-0.2, 0) is 6.18 Å². The predicted octanol–water partition coefficient (Wildman–Crippen LogP) is 2.91. The minimum absolute atomic E-state index is 0.215. The SMILES string of the molecule is FC(F)(F)c1nnc(-c2ccc(Br)nc2)o1. The van der Waals surface area contributed by atoms with Gasteiger partial charge in [0, 0.05) is 6.20 Å². The number of rotatable bonds is 1. The Morgan fingerprint density at radius 1 is 1.19 bits per heavy atom. The van der Waals surface area contributed by atoms with Crippen molar-refractivity contribution < 1.29 is 17.6 Å². The summed E-state index contributed by atoms with van der Waals surface area (Å²) in [5.41, 5.74) is 0.325. The van der Waals surface area contributed by atoms with E-state index in [9.17, 15) is 13.2 Å². The lowest BCUT2D eigenvalue weighted by Gasteiger charge is -1.97. The fraction of sp³-hybridized carbons (Fsp3) is 0.125. The zero-order chi connectivity index (χ0) is 11.8. The van der Waals surface area contributed by atoms with Crippen LogP contribution in [0.4, 0.5) is 13.2 Å². The number of aromatic nitrogens is 3. The van der Waals surface area contributed by atoms with Crippen molar-refractivity contribution in [3.05, 3.63) is 28.8 Å². The van der Waals surface area contributed by atoms with Crippen LogP contribution >= 0.6 is 15.9 Å². The molecule has 4 nitrogen and oxygen atoms in total. The van der Waals surface area contributed by atoms with E-state index in [1.54, 1.807) is 6.07 Å². The summed E-state index contributed by atoms with van der Waals surface area (Å²) in [4.78, 5) is 3.83. The molecule has 0 aliphatic carbocycles. The minimum Gasteiger partial charge on any atom is -0.413 e. The van der Waals surface area contributed by atoms with Gasteiger partial charge in [0.25, 0.3) is 0 Å². The summed E-state index contributed by atoms with van der Waals surface area (Å²) in [6, 6.07) is 3.08. The molecule has 2 heterocycles. The van der Waals surface area contributed by atoms with Gasteiger partial charge in [0.05, 0.1) is 5.56 Å². The first-order chi connectivity index (χ1) is 7.47. The van der Waals surface area contributed by atoms with Crippen LogP contribution in [0.2, 0.25) is 0 Å². The van der Waals surface area contributed by atoms with Crippen LogP contribution in [0, 0.1) is 0 Å². The second-order valence-corrected chi connectivity index (χ2v) is 3.59. The molecule has 2 aromatic rings. The van der Waals surface area contributed by atoms with Crippen LogP contribution in [0.1, 0.15) is 5.89 Å². The van der Waals surface area contributed by atoms with E-state index >= 15 is 0 Å². The van der Waals surface area contributed by atoms with Gasteiger partial charge < -0.3 is 4.42 Å². The van der Waals surface area contributed by atoms with E-state index in [1.807, 2.05) is 0 Å². The number of halogens is 4. The first-order valence-electron chi connectivity index (χ1n) is 3.99. The monoisotopic (exact) mass is 293 g/mol. The van der Waals surface area contributed by atoms with Crippen molar-refractivity contribution in [1.82, 2.24) is 15.2 Å². The molecular weight excluding hydrogens is 291 g/mol. The van der Waals surface area contributed by atoms with Crippen molar-refractivity contribution in [3.8, 4) is 11.5 Å². The molecule has 0 N–H and O–H groups in total. The van der Waals surface area contributed by atoms with Gasteiger partial charge in [-0.15, -0.1) is 10.2 Å². The Morgan fingerprint density at radius 2 is 1.94 bits per heavy atom. The van der Waals surface area contributed by atoms with Gasteiger partial charge in [-0.05, 0) is 28.1 Å². The molecule has 0 bridgehead atoms. The molecule has 0 atom stereocenters. The van der Waals surface area contributed by atoms with E-state index in [2.05, 4.69) is 35.5 Å². The molecule has 0 unspecified atom stereocenters. The van der Waals surface area contributed by atoms with E-state index in [0.717, 1.165) is 0 Å². The van der Waals surface area contributed by atoms with Gasteiger partial charge >= 0.3 is 12.1 Å². The van der Waals surface area contributed by atoms with Crippen LogP contribution in [0.15, 0.2) is 27.3 Å². The Labute approximate surface area is 95.6 Å². The van der Waals surface area contributed by atoms with Crippen molar-refractivity contribution in [2.75, 3.05) is 0 Å². The minimum atomic E-state index is -4.63. The molecule has 0 spiro atoms. The van der Waals surface area contributed by atoms with Crippen molar-refractivity contribution in [2.45, 2.75) is 6.18 Å². The molecule has 0 aliphatic heterocycles.